The topological polar surface area (TPSA) is 84.2 Å². The van der Waals surface area contributed by atoms with Gasteiger partial charge >= 0.3 is 0 Å². The standard InChI is InChI=1S/C20H27N5O4/c1-27-17-4-2-3-16(13-17)20-21-18(29-22-20)14-23-5-7-24(8-6-23)15-19(26)25-9-11-28-12-10-25/h2-4,13H,5-12,14-15H2,1H3. The molecule has 0 radical (unpaired) electrons. The van der Waals surface area contributed by atoms with Gasteiger partial charge in [0.1, 0.15) is 5.75 Å². The molecule has 9 heteroatoms. The Balaban J connectivity index is 1.25. The van der Waals surface area contributed by atoms with Crippen LogP contribution in [0.15, 0.2) is 28.8 Å². The van der Waals surface area contributed by atoms with Crippen molar-refractivity contribution in [1.82, 2.24) is 24.8 Å². The summed E-state index contributed by atoms with van der Waals surface area (Å²) in [5, 5.41) is 4.09. The molecule has 3 heterocycles. The molecule has 2 fully saturated rings. The summed E-state index contributed by atoms with van der Waals surface area (Å²) in [7, 11) is 1.63. The van der Waals surface area contributed by atoms with Crippen LogP contribution >= 0.6 is 0 Å². The van der Waals surface area contributed by atoms with Gasteiger partial charge in [0.25, 0.3) is 0 Å². The second-order valence-electron chi connectivity index (χ2n) is 7.29. The summed E-state index contributed by atoms with van der Waals surface area (Å²) in [4.78, 5) is 23.3. The van der Waals surface area contributed by atoms with Crippen molar-refractivity contribution in [3.63, 3.8) is 0 Å². The first-order chi connectivity index (χ1) is 14.2. The molecule has 0 spiro atoms. The average Bonchev–Trinajstić information content (AvgIpc) is 3.24. The van der Waals surface area contributed by atoms with Crippen molar-refractivity contribution in [2.75, 3.05) is 66.1 Å². The number of hydrogen-bond donors (Lipinski definition) is 0. The number of methoxy groups -OCH3 is 1. The zero-order valence-electron chi connectivity index (χ0n) is 16.7. The molecule has 2 aliphatic rings. The molecule has 1 aromatic carbocycles. The third-order valence-corrected chi connectivity index (χ3v) is 5.34. The van der Waals surface area contributed by atoms with Crippen LogP contribution in [0, 0.1) is 0 Å². The highest BCUT2D eigenvalue weighted by Gasteiger charge is 2.24. The first-order valence-electron chi connectivity index (χ1n) is 9.98. The number of hydrogen-bond acceptors (Lipinski definition) is 8. The molecule has 1 amide bonds. The predicted octanol–water partition coefficient (Wildman–Crippen LogP) is 0.722. The maximum Gasteiger partial charge on any atom is 0.241 e. The van der Waals surface area contributed by atoms with Gasteiger partial charge in [-0.05, 0) is 12.1 Å². The first kappa shape index (κ1) is 19.8. The van der Waals surface area contributed by atoms with Crippen molar-refractivity contribution < 1.29 is 18.8 Å². The van der Waals surface area contributed by atoms with E-state index in [1.54, 1.807) is 7.11 Å². The average molecular weight is 401 g/mol. The second-order valence-corrected chi connectivity index (χ2v) is 7.29. The van der Waals surface area contributed by atoms with Gasteiger partial charge in [0, 0.05) is 44.8 Å². The molecule has 0 saturated carbocycles. The summed E-state index contributed by atoms with van der Waals surface area (Å²) in [6.45, 7) is 7.22. The fourth-order valence-electron chi connectivity index (χ4n) is 3.60. The summed E-state index contributed by atoms with van der Waals surface area (Å²) >= 11 is 0. The smallest absolute Gasteiger partial charge is 0.241 e. The van der Waals surface area contributed by atoms with Crippen LogP contribution < -0.4 is 4.74 Å². The van der Waals surface area contributed by atoms with Gasteiger partial charge in [-0.25, -0.2) is 0 Å². The maximum absolute atomic E-state index is 12.4. The minimum atomic E-state index is 0.196. The molecule has 0 bridgehead atoms. The predicted molar refractivity (Wildman–Crippen MR) is 105 cm³/mol. The number of amides is 1. The van der Waals surface area contributed by atoms with E-state index >= 15 is 0 Å². The number of piperazine rings is 1. The summed E-state index contributed by atoms with van der Waals surface area (Å²) in [6.07, 6.45) is 0. The van der Waals surface area contributed by atoms with E-state index in [9.17, 15) is 4.79 Å². The highest BCUT2D eigenvalue weighted by molar-refractivity contribution is 5.78. The normalized spacial score (nSPS) is 18.7. The Bertz CT molecular complexity index is 813. The third kappa shape index (κ3) is 5.11. The van der Waals surface area contributed by atoms with Gasteiger partial charge in [0.15, 0.2) is 0 Å². The Hall–Kier alpha value is -2.49. The zero-order chi connectivity index (χ0) is 20.1. The van der Waals surface area contributed by atoms with Gasteiger partial charge in [0.2, 0.25) is 17.6 Å². The van der Waals surface area contributed by atoms with Crippen molar-refractivity contribution >= 4 is 5.91 Å². The lowest BCUT2D eigenvalue weighted by Gasteiger charge is -2.35. The van der Waals surface area contributed by atoms with Gasteiger partial charge in [-0.3, -0.25) is 14.6 Å². The summed E-state index contributed by atoms with van der Waals surface area (Å²) in [5.74, 6) is 2.12. The fraction of sp³-hybridized carbons (Fsp3) is 0.550. The lowest BCUT2D eigenvalue weighted by molar-refractivity contribution is -0.136. The Morgan fingerprint density at radius 3 is 2.62 bits per heavy atom. The third-order valence-electron chi connectivity index (χ3n) is 5.34. The number of nitrogens with zero attached hydrogens (tertiary/aromatic N) is 5. The quantitative estimate of drug-likeness (QED) is 0.700. The van der Waals surface area contributed by atoms with Crippen molar-refractivity contribution in [3.05, 3.63) is 30.2 Å². The van der Waals surface area contributed by atoms with E-state index in [4.69, 9.17) is 14.0 Å². The SMILES string of the molecule is COc1cccc(-c2noc(CN3CCN(CC(=O)N4CCOCC4)CC3)n2)c1. The van der Waals surface area contributed by atoms with E-state index in [0.29, 0.717) is 51.1 Å². The summed E-state index contributed by atoms with van der Waals surface area (Å²) < 4.78 is 16.0. The molecule has 4 rings (SSSR count). The van der Waals surface area contributed by atoms with Crippen molar-refractivity contribution in [2.24, 2.45) is 0 Å². The largest absolute Gasteiger partial charge is 0.497 e. The van der Waals surface area contributed by atoms with Gasteiger partial charge in [0.05, 0.1) is 33.4 Å². The van der Waals surface area contributed by atoms with Crippen LogP contribution in [0.5, 0.6) is 5.75 Å². The van der Waals surface area contributed by atoms with Crippen LogP contribution in [-0.2, 0) is 16.1 Å². The molecular formula is C20H27N5O4. The Morgan fingerprint density at radius 2 is 1.86 bits per heavy atom. The molecule has 2 aliphatic heterocycles. The first-order valence-corrected chi connectivity index (χ1v) is 9.98. The Labute approximate surface area is 170 Å². The van der Waals surface area contributed by atoms with Gasteiger partial charge in [-0.15, -0.1) is 0 Å². The second kappa shape index (κ2) is 9.34. The van der Waals surface area contributed by atoms with Crippen LogP contribution in [0.4, 0.5) is 0 Å². The molecular weight excluding hydrogens is 374 g/mol. The molecule has 1 aromatic heterocycles. The number of rotatable bonds is 6. The molecule has 0 aliphatic carbocycles. The monoisotopic (exact) mass is 401 g/mol. The molecule has 156 valence electrons. The minimum absolute atomic E-state index is 0.196. The zero-order valence-corrected chi connectivity index (χ0v) is 16.7. The van der Waals surface area contributed by atoms with E-state index < -0.39 is 0 Å². The summed E-state index contributed by atoms with van der Waals surface area (Å²) in [5.41, 5.74) is 0.866. The Kier molecular flexibility index (Phi) is 6.38. The van der Waals surface area contributed by atoms with Gasteiger partial charge in [-0.2, -0.15) is 4.98 Å². The van der Waals surface area contributed by atoms with Crippen LogP contribution in [0.2, 0.25) is 0 Å². The van der Waals surface area contributed by atoms with Crippen molar-refractivity contribution in [2.45, 2.75) is 6.54 Å². The van der Waals surface area contributed by atoms with E-state index in [-0.39, 0.29) is 5.91 Å². The number of carbonyl (C=O) groups is 1. The highest BCUT2D eigenvalue weighted by Crippen LogP contribution is 2.21. The number of ether oxygens (including phenoxy) is 2. The number of benzene rings is 1. The van der Waals surface area contributed by atoms with Gasteiger partial charge in [-0.1, -0.05) is 17.3 Å². The minimum Gasteiger partial charge on any atom is -0.497 e. The maximum atomic E-state index is 12.4. The van der Waals surface area contributed by atoms with Gasteiger partial charge < -0.3 is 18.9 Å². The van der Waals surface area contributed by atoms with E-state index in [1.165, 1.54) is 0 Å². The molecule has 2 aromatic rings. The molecule has 0 N–H and O–H groups in total. The fourth-order valence-corrected chi connectivity index (χ4v) is 3.60. The lowest BCUT2D eigenvalue weighted by atomic mass is 10.2. The molecule has 0 atom stereocenters. The van der Waals surface area contributed by atoms with E-state index in [0.717, 1.165) is 37.5 Å². The van der Waals surface area contributed by atoms with Crippen LogP contribution in [0.3, 0.4) is 0 Å². The van der Waals surface area contributed by atoms with Crippen LogP contribution in [0.1, 0.15) is 5.89 Å². The molecule has 0 unspecified atom stereocenters. The lowest BCUT2D eigenvalue weighted by Crippen LogP contribution is -2.51. The van der Waals surface area contributed by atoms with Crippen LogP contribution in [-0.4, -0.2) is 96.9 Å². The van der Waals surface area contributed by atoms with E-state index in [1.807, 2.05) is 29.2 Å². The Morgan fingerprint density at radius 1 is 1.10 bits per heavy atom. The number of carbonyl (C=O) groups excluding carboxylic acids is 1. The van der Waals surface area contributed by atoms with Crippen molar-refractivity contribution in [1.29, 1.82) is 0 Å². The molecule has 2 saturated heterocycles. The van der Waals surface area contributed by atoms with Crippen LogP contribution in [0.25, 0.3) is 11.4 Å². The summed E-state index contributed by atoms with van der Waals surface area (Å²) in [6, 6.07) is 7.61. The van der Waals surface area contributed by atoms with E-state index in [2.05, 4.69) is 19.9 Å². The molecule has 29 heavy (non-hydrogen) atoms. The molecule has 9 nitrogen and oxygen atoms in total. The highest BCUT2D eigenvalue weighted by atomic mass is 16.5. The number of aromatic nitrogens is 2. The van der Waals surface area contributed by atoms with Crippen molar-refractivity contribution in [3.8, 4) is 17.1 Å². The number of morpholine rings is 1.